The highest BCUT2D eigenvalue weighted by atomic mass is 14.9. The lowest BCUT2D eigenvalue weighted by Gasteiger charge is -2.07. The van der Waals surface area contributed by atoms with Crippen molar-refractivity contribution in [3.8, 4) is 0 Å². The van der Waals surface area contributed by atoms with Crippen molar-refractivity contribution in [3.63, 3.8) is 0 Å². The van der Waals surface area contributed by atoms with Crippen molar-refractivity contribution in [1.29, 1.82) is 0 Å². The highest BCUT2D eigenvalue weighted by Crippen LogP contribution is 2.09. The minimum Gasteiger partial charge on any atom is -0.381 e. The Balaban J connectivity index is 1.99. The van der Waals surface area contributed by atoms with Crippen LogP contribution >= 0.6 is 0 Å². The molecule has 0 spiro atoms. The van der Waals surface area contributed by atoms with E-state index in [1.54, 1.807) is 12.4 Å². The summed E-state index contributed by atoms with van der Waals surface area (Å²) in [4.78, 5) is 3.97. The second kappa shape index (κ2) is 5.28. The molecule has 3 nitrogen and oxygen atoms in total. The molecule has 1 aromatic carbocycles. The Hall–Kier alpha value is -1.87. The van der Waals surface area contributed by atoms with Gasteiger partial charge in [-0.3, -0.25) is 4.98 Å². The van der Waals surface area contributed by atoms with Gasteiger partial charge in [0, 0.05) is 31.2 Å². The van der Waals surface area contributed by atoms with Crippen molar-refractivity contribution in [2.75, 3.05) is 5.32 Å². The van der Waals surface area contributed by atoms with Crippen molar-refractivity contribution in [3.05, 3.63) is 59.9 Å². The van der Waals surface area contributed by atoms with Gasteiger partial charge in [0.25, 0.3) is 0 Å². The number of pyridine rings is 1. The summed E-state index contributed by atoms with van der Waals surface area (Å²) in [6.45, 7) is 1.39. The van der Waals surface area contributed by atoms with Gasteiger partial charge >= 0.3 is 0 Å². The Bertz CT molecular complexity index is 440. The predicted molar refractivity (Wildman–Crippen MR) is 65.9 cm³/mol. The summed E-state index contributed by atoms with van der Waals surface area (Å²) in [7, 11) is 0. The summed E-state index contributed by atoms with van der Waals surface area (Å²) in [5.74, 6) is 0. The Morgan fingerprint density at radius 3 is 2.56 bits per heavy atom. The summed E-state index contributed by atoms with van der Waals surface area (Å²) >= 11 is 0. The third kappa shape index (κ3) is 2.81. The largest absolute Gasteiger partial charge is 0.381 e. The SMILES string of the molecule is NCc1cccc(CNc2ccncc2)c1. The minimum absolute atomic E-state index is 0.586. The van der Waals surface area contributed by atoms with E-state index >= 15 is 0 Å². The van der Waals surface area contributed by atoms with Gasteiger partial charge in [-0.05, 0) is 23.3 Å². The van der Waals surface area contributed by atoms with Crippen LogP contribution in [0, 0.1) is 0 Å². The van der Waals surface area contributed by atoms with Crippen molar-refractivity contribution in [2.45, 2.75) is 13.1 Å². The van der Waals surface area contributed by atoms with Crippen LogP contribution in [0.1, 0.15) is 11.1 Å². The molecule has 0 amide bonds. The van der Waals surface area contributed by atoms with Crippen LogP contribution in [0.25, 0.3) is 0 Å². The highest BCUT2D eigenvalue weighted by molar-refractivity contribution is 5.41. The number of benzene rings is 1. The van der Waals surface area contributed by atoms with Crippen LogP contribution in [0.15, 0.2) is 48.8 Å². The molecule has 0 aliphatic rings. The Morgan fingerprint density at radius 2 is 1.81 bits per heavy atom. The number of hydrogen-bond acceptors (Lipinski definition) is 3. The number of nitrogens with two attached hydrogens (primary N) is 1. The highest BCUT2D eigenvalue weighted by Gasteiger charge is 1.95. The molecule has 1 aromatic heterocycles. The third-order valence-corrected chi connectivity index (χ3v) is 2.40. The van der Waals surface area contributed by atoms with E-state index in [0.717, 1.165) is 17.8 Å². The van der Waals surface area contributed by atoms with Gasteiger partial charge in [0.05, 0.1) is 0 Å². The van der Waals surface area contributed by atoms with E-state index in [1.807, 2.05) is 24.3 Å². The maximum atomic E-state index is 5.60. The number of rotatable bonds is 4. The van der Waals surface area contributed by atoms with E-state index in [1.165, 1.54) is 5.56 Å². The topological polar surface area (TPSA) is 50.9 Å². The first-order valence-electron chi connectivity index (χ1n) is 5.30. The second-order valence-corrected chi connectivity index (χ2v) is 3.61. The standard InChI is InChI=1S/C13H15N3/c14-9-11-2-1-3-12(8-11)10-16-13-4-6-15-7-5-13/h1-8H,9-10,14H2,(H,15,16). The van der Waals surface area contributed by atoms with Gasteiger partial charge in [-0.2, -0.15) is 0 Å². The molecule has 0 aliphatic heterocycles. The molecule has 2 aromatic rings. The average Bonchev–Trinajstić information content (AvgIpc) is 2.38. The molecule has 2 rings (SSSR count). The maximum absolute atomic E-state index is 5.60. The Morgan fingerprint density at radius 1 is 1.06 bits per heavy atom. The van der Waals surface area contributed by atoms with Gasteiger partial charge in [-0.15, -0.1) is 0 Å². The van der Waals surface area contributed by atoms with E-state index in [4.69, 9.17) is 5.73 Å². The summed E-state index contributed by atoms with van der Waals surface area (Å²) in [5.41, 5.74) is 9.07. The molecule has 0 atom stereocenters. The number of nitrogens with one attached hydrogen (secondary N) is 1. The number of nitrogens with zero attached hydrogens (tertiary/aromatic N) is 1. The molecule has 1 heterocycles. The van der Waals surface area contributed by atoms with Gasteiger partial charge < -0.3 is 11.1 Å². The quantitative estimate of drug-likeness (QED) is 0.818. The smallest absolute Gasteiger partial charge is 0.0400 e. The van der Waals surface area contributed by atoms with E-state index in [9.17, 15) is 0 Å². The molecule has 0 fully saturated rings. The zero-order valence-corrected chi connectivity index (χ0v) is 9.06. The van der Waals surface area contributed by atoms with Crippen molar-refractivity contribution in [2.24, 2.45) is 5.73 Å². The fourth-order valence-corrected chi connectivity index (χ4v) is 1.54. The number of anilines is 1. The third-order valence-electron chi connectivity index (χ3n) is 2.40. The first-order chi connectivity index (χ1) is 7.88. The van der Waals surface area contributed by atoms with Crippen LogP contribution in [0.4, 0.5) is 5.69 Å². The molecular formula is C13H15N3. The van der Waals surface area contributed by atoms with Gasteiger partial charge in [-0.1, -0.05) is 24.3 Å². The van der Waals surface area contributed by atoms with Gasteiger partial charge in [0.1, 0.15) is 0 Å². The summed E-state index contributed by atoms with van der Waals surface area (Å²) in [6, 6.07) is 12.2. The Labute approximate surface area is 95.3 Å². The first kappa shape index (κ1) is 10.6. The lowest BCUT2D eigenvalue weighted by atomic mass is 10.1. The van der Waals surface area contributed by atoms with Crippen LogP contribution in [0.5, 0.6) is 0 Å². The second-order valence-electron chi connectivity index (χ2n) is 3.61. The summed E-state index contributed by atoms with van der Waals surface area (Å²) < 4.78 is 0. The molecule has 0 bridgehead atoms. The van der Waals surface area contributed by atoms with Crippen LogP contribution in [0.3, 0.4) is 0 Å². The van der Waals surface area contributed by atoms with Crippen LogP contribution in [-0.2, 0) is 13.1 Å². The van der Waals surface area contributed by atoms with Gasteiger partial charge in [0.2, 0.25) is 0 Å². The van der Waals surface area contributed by atoms with Gasteiger partial charge in [0.15, 0.2) is 0 Å². The van der Waals surface area contributed by atoms with Crippen molar-refractivity contribution >= 4 is 5.69 Å². The number of hydrogen-bond donors (Lipinski definition) is 2. The van der Waals surface area contributed by atoms with E-state index in [-0.39, 0.29) is 0 Å². The predicted octanol–water partition coefficient (Wildman–Crippen LogP) is 2.15. The lowest BCUT2D eigenvalue weighted by Crippen LogP contribution is -2.01. The van der Waals surface area contributed by atoms with E-state index in [0.29, 0.717) is 6.54 Å². The van der Waals surface area contributed by atoms with Crippen LogP contribution in [-0.4, -0.2) is 4.98 Å². The molecule has 16 heavy (non-hydrogen) atoms. The Kier molecular flexibility index (Phi) is 3.51. The minimum atomic E-state index is 0.586. The summed E-state index contributed by atoms with van der Waals surface area (Å²) in [5, 5.41) is 3.33. The zero-order valence-electron chi connectivity index (χ0n) is 9.06. The molecule has 0 radical (unpaired) electrons. The molecule has 0 saturated heterocycles. The average molecular weight is 213 g/mol. The fourth-order valence-electron chi connectivity index (χ4n) is 1.54. The molecule has 82 valence electrons. The number of aromatic nitrogens is 1. The first-order valence-corrected chi connectivity index (χ1v) is 5.30. The normalized spacial score (nSPS) is 10.1. The molecule has 0 saturated carbocycles. The fraction of sp³-hybridized carbons (Fsp3) is 0.154. The van der Waals surface area contributed by atoms with E-state index in [2.05, 4.69) is 22.4 Å². The van der Waals surface area contributed by atoms with Crippen LogP contribution < -0.4 is 11.1 Å². The van der Waals surface area contributed by atoms with Gasteiger partial charge in [-0.25, -0.2) is 0 Å². The lowest BCUT2D eigenvalue weighted by molar-refractivity contribution is 1.05. The summed E-state index contributed by atoms with van der Waals surface area (Å²) in [6.07, 6.45) is 3.55. The molecule has 0 unspecified atom stereocenters. The van der Waals surface area contributed by atoms with Crippen molar-refractivity contribution in [1.82, 2.24) is 4.98 Å². The van der Waals surface area contributed by atoms with E-state index < -0.39 is 0 Å². The molecular weight excluding hydrogens is 198 g/mol. The maximum Gasteiger partial charge on any atom is 0.0400 e. The molecule has 0 aliphatic carbocycles. The molecule has 3 heteroatoms. The van der Waals surface area contributed by atoms with Crippen molar-refractivity contribution < 1.29 is 0 Å². The monoisotopic (exact) mass is 213 g/mol. The van der Waals surface area contributed by atoms with Crippen LogP contribution in [0.2, 0.25) is 0 Å². The zero-order chi connectivity index (χ0) is 11.2. The molecule has 3 N–H and O–H groups in total.